The Hall–Kier alpha value is -2.50. The second kappa shape index (κ2) is 6.95. The first-order valence-electron chi connectivity index (χ1n) is 8.26. The molecule has 0 bridgehead atoms. The minimum Gasteiger partial charge on any atom is -0.335 e. The number of aryl methyl sites for hydroxylation is 1. The van der Waals surface area contributed by atoms with Gasteiger partial charge in [-0.05, 0) is 24.0 Å². The monoisotopic (exact) mass is 326 g/mol. The number of nitrogens with zero attached hydrogens (tertiary/aromatic N) is 4. The van der Waals surface area contributed by atoms with Crippen molar-refractivity contribution in [2.24, 2.45) is 13.0 Å². The van der Waals surface area contributed by atoms with Gasteiger partial charge in [0.15, 0.2) is 5.78 Å². The summed E-state index contributed by atoms with van der Waals surface area (Å²) in [5, 5.41) is 4.00. The van der Waals surface area contributed by atoms with Crippen LogP contribution in [0.2, 0.25) is 0 Å². The molecule has 0 spiro atoms. The molecule has 3 heterocycles. The van der Waals surface area contributed by atoms with E-state index >= 15 is 0 Å². The summed E-state index contributed by atoms with van der Waals surface area (Å²) in [7, 11) is 1.77. The van der Waals surface area contributed by atoms with E-state index in [9.17, 15) is 9.59 Å². The van der Waals surface area contributed by atoms with Crippen LogP contribution in [0.15, 0.2) is 36.9 Å². The highest BCUT2D eigenvalue weighted by molar-refractivity contribution is 5.97. The number of carbonyl (C=O) groups excluding carboxylic acids is 2. The topological polar surface area (TPSA) is 68.1 Å². The summed E-state index contributed by atoms with van der Waals surface area (Å²) in [4.78, 5) is 30.9. The molecule has 2 atom stereocenters. The molecule has 3 rings (SSSR count). The Bertz CT molecular complexity index is 726. The Morgan fingerprint density at radius 3 is 2.79 bits per heavy atom. The lowest BCUT2D eigenvalue weighted by atomic mass is 10.0. The van der Waals surface area contributed by atoms with Gasteiger partial charge in [0, 0.05) is 45.0 Å². The van der Waals surface area contributed by atoms with E-state index < -0.39 is 0 Å². The lowest BCUT2D eigenvalue weighted by Gasteiger charge is -2.24. The number of amides is 1. The Morgan fingerprint density at radius 2 is 2.12 bits per heavy atom. The van der Waals surface area contributed by atoms with Crippen LogP contribution in [-0.2, 0) is 11.8 Å². The van der Waals surface area contributed by atoms with Crippen molar-refractivity contribution in [1.29, 1.82) is 0 Å². The molecule has 0 aromatic carbocycles. The van der Waals surface area contributed by atoms with Crippen molar-refractivity contribution in [3.8, 4) is 0 Å². The molecule has 126 valence electrons. The molecule has 2 aromatic rings. The maximum absolute atomic E-state index is 12.6. The van der Waals surface area contributed by atoms with Gasteiger partial charge in [0.25, 0.3) is 0 Å². The first-order chi connectivity index (χ1) is 11.5. The number of aromatic nitrogens is 3. The van der Waals surface area contributed by atoms with E-state index in [4.69, 9.17) is 0 Å². The molecule has 1 amide bonds. The SMILES string of the molecule is CC1CC(c2cccnc2)N(C(=O)CCC(=O)c2cnn(C)c2)C1. The Kier molecular flexibility index (Phi) is 4.74. The minimum atomic E-state index is -0.0402. The van der Waals surface area contributed by atoms with Crippen LogP contribution in [0.4, 0.5) is 0 Å². The van der Waals surface area contributed by atoms with Crippen molar-refractivity contribution in [1.82, 2.24) is 19.7 Å². The molecule has 6 nitrogen and oxygen atoms in total. The normalized spacial score (nSPS) is 20.3. The van der Waals surface area contributed by atoms with Gasteiger partial charge in [0.05, 0.1) is 17.8 Å². The molecule has 1 fully saturated rings. The number of hydrogen-bond donors (Lipinski definition) is 0. The van der Waals surface area contributed by atoms with Gasteiger partial charge in [-0.1, -0.05) is 13.0 Å². The molecule has 24 heavy (non-hydrogen) atoms. The zero-order valence-corrected chi connectivity index (χ0v) is 14.1. The van der Waals surface area contributed by atoms with Crippen molar-refractivity contribution < 1.29 is 9.59 Å². The molecule has 2 unspecified atom stereocenters. The highest BCUT2D eigenvalue weighted by atomic mass is 16.2. The molecule has 0 saturated carbocycles. The quantitative estimate of drug-likeness (QED) is 0.791. The van der Waals surface area contributed by atoms with E-state index in [0.29, 0.717) is 11.5 Å². The minimum absolute atomic E-state index is 0.0328. The lowest BCUT2D eigenvalue weighted by Crippen LogP contribution is -2.31. The van der Waals surface area contributed by atoms with Gasteiger partial charge in [0.2, 0.25) is 5.91 Å². The lowest BCUT2D eigenvalue weighted by molar-refractivity contribution is -0.132. The number of pyridine rings is 1. The van der Waals surface area contributed by atoms with Crippen LogP contribution in [-0.4, -0.2) is 37.9 Å². The fraction of sp³-hybridized carbons (Fsp3) is 0.444. The number of Topliss-reactive ketones (excluding diaryl/α,β-unsaturated/α-hetero) is 1. The Morgan fingerprint density at radius 1 is 1.29 bits per heavy atom. The Balaban J connectivity index is 1.64. The number of carbonyl (C=O) groups is 2. The van der Waals surface area contributed by atoms with E-state index in [1.165, 1.54) is 0 Å². The fourth-order valence-electron chi connectivity index (χ4n) is 3.28. The maximum Gasteiger partial charge on any atom is 0.223 e. The van der Waals surface area contributed by atoms with Gasteiger partial charge >= 0.3 is 0 Å². The molecule has 0 N–H and O–H groups in total. The van der Waals surface area contributed by atoms with Crippen LogP contribution in [0.1, 0.15) is 48.1 Å². The van der Waals surface area contributed by atoms with E-state index in [1.807, 2.05) is 23.2 Å². The second-order valence-electron chi connectivity index (χ2n) is 6.51. The third-order valence-electron chi connectivity index (χ3n) is 4.49. The predicted octanol–water partition coefficient (Wildman–Crippen LogP) is 2.39. The molecule has 0 radical (unpaired) electrons. The van der Waals surface area contributed by atoms with Crippen LogP contribution in [0.25, 0.3) is 0 Å². The van der Waals surface area contributed by atoms with Gasteiger partial charge in [-0.15, -0.1) is 0 Å². The number of likely N-dealkylation sites (tertiary alicyclic amines) is 1. The molecule has 1 aliphatic rings. The Labute approximate surface area is 141 Å². The van der Waals surface area contributed by atoms with Crippen LogP contribution in [0.3, 0.4) is 0 Å². The second-order valence-corrected chi connectivity index (χ2v) is 6.51. The highest BCUT2D eigenvalue weighted by Gasteiger charge is 2.34. The summed E-state index contributed by atoms with van der Waals surface area (Å²) in [6.45, 7) is 2.89. The van der Waals surface area contributed by atoms with E-state index in [0.717, 1.165) is 18.5 Å². The van der Waals surface area contributed by atoms with Crippen molar-refractivity contribution >= 4 is 11.7 Å². The molecule has 1 aliphatic heterocycles. The zero-order valence-electron chi connectivity index (χ0n) is 14.1. The van der Waals surface area contributed by atoms with Crippen molar-refractivity contribution in [3.05, 3.63) is 48.0 Å². The van der Waals surface area contributed by atoms with Crippen LogP contribution in [0, 0.1) is 5.92 Å². The van der Waals surface area contributed by atoms with Gasteiger partial charge < -0.3 is 4.90 Å². The van der Waals surface area contributed by atoms with E-state index in [1.54, 1.807) is 30.3 Å². The van der Waals surface area contributed by atoms with Crippen molar-refractivity contribution in [2.45, 2.75) is 32.2 Å². The predicted molar refractivity (Wildman–Crippen MR) is 89.2 cm³/mol. The molecule has 6 heteroatoms. The van der Waals surface area contributed by atoms with Gasteiger partial charge in [0.1, 0.15) is 0 Å². The number of rotatable bonds is 5. The standard InChI is InChI=1S/C18H22N4O2/c1-13-8-16(14-4-3-7-19-9-14)22(11-13)18(24)6-5-17(23)15-10-20-21(2)12-15/h3-4,7,9-10,12-13,16H,5-6,8,11H2,1-2H3. The van der Waals surface area contributed by atoms with E-state index in [-0.39, 0.29) is 30.6 Å². The van der Waals surface area contributed by atoms with Gasteiger partial charge in [-0.2, -0.15) is 5.10 Å². The van der Waals surface area contributed by atoms with E-state index in [2.05, 4.69) is 17.0 Å². The molecule has 1 saturated heterocycles. The molecular weight excluding hydrogens is 304 g/mol. The third-order valence-corrected chi connectivity index (χ3v) is 4.49. The molecular formula is C18H22N4O2. The van der Waals surface area contributed by atoms with Crippen molar-refractivity contribution in [3.63, 3.8) is 0 Å². The summed E-state index contributed by atoms with van der Waals surface area (Å²) in [6.07, 6.45) is 8.18. The summed E-state index contributed by atoms with van der Waals surface area (Å²) >= 11 is 0. The van der Waals surface area contributed by atoms with Gasteiger partial charge in [-0.3, -0.25) is 19.3 Å². The zero-order chi connectivity index (χ0) is 17.1. The summed E-state index contributed by atoms with van der Waals surface area (Å²) in [6, 6.07) is 3.97. The number of hydrogen-bond acceptors (Lipinski definition) is 4. The first-order valence-corrected chi connectivity index (χ1v) is 8.26. The first kappa shape index (κ1) is 16.4. The summed E-state index contributed by atoms with van der Waals surface area (Å²) in [5.41, 5.74) is 1.62. The average molecular weight is 326 g/mol. The van der Waals surface area contributed by atoms with Crippen LogP contribution in [0.5, 0.6) is 0 Å². The fourth-order valence-corrected chi connectivity index (χ4v) is 3.28. The van der Waals surface area contributed by atoms with Crippen LogP contribution >= 0.6 is 0 Å². The largest absolute Gasteiger partial charge is 0.335 e. The van der Waals surface area contributed by atoms with Crippen LogP contribution < -0.4 is 0 Å². The van der Waals surface area contributed by atoms with Crippen molar-refractivity contribution in [2.75, 3.05) is 6.54 Å². The third kappa shape index (κ3) is 3.53. The molecule has 2 aromatic heterocycles. The summed E-state index contributed by atoms with van der Waals surface area (Å²) in [5.74, 6) is 0.445. The highest BCUT2D eigenvalue weighted by Crippen LogP contribution is 2.35. The smallest absolute Gasteiger partial charge is 0.223 e. The number of ketones is 1. The maximum atomic E-state index is 12.6. The summed E-state index contributed by atoms with van der Waals surface area (Å²) < 4.78 is 1.59. The average Bonchev–Trinajstić information content (AvgIpc) is 3.19. The van der Waals surface area contributed by atoms with Gasteiger partial charge in [-0.25, -0.2) is 0 Å². The molecule has 0 aliphatic carbocycles.